The van der Waals surface area contributed by atoms with Crippen molar-refractivity contribution in [3.05, 3.63) is 94.5 Å². The van der Waals surface area contributed by atoms with Crippen molar-refractivity contribution in [3.8, 4) is 11.1 Å². The van der Waals surface area contributed by atoms with Crippen LogP contribution in [0.1, 0.15) is 84.0 Å². The van der Waals surface area contributed by atoms with E-state index in [0.717, 1.165) is 55.2 Å². The number of ether oxygens (including phenoxy) is 1. The van der Waals surface area contributed by atoms with Gasteiger partial charge in [0.1, 0.15) is 5.78 Å². The van der Waals surface area contributed by atoms with Crippen LogP contribution in [0.2, 0.25) is 0 Å². The van der Waals surface area contributed by atoms with E-state index in [1.54, 1.807) is 6.07 Å². The van der Waals surface area contributed by atoms with E-state index < -0.39 is 0 Å². The average molecular weight is 564 g/mol. The highest BCUT2D eigenvalue weighted by Crippen LogP contribution is 2.48. The number of aryl methyl sites for hydroxylation is 1. The van der Waals surface area contributed by atoms with Crippen molar-refractivity contribution in [3.63, 3.8) is 0 Å². The quantitative estimate of drug-likeness (QED) is 0.273. The second-order valence-electron chi connectivity index (χ2n) is 12.6. The Morgan fingerprint density at radius 3 is 2.45 bits per heavy atom. The number of nitrogens with zero attached hydrogens (tertiary/aromatic N) is 1. The number of methoxy groups -OCH3 is 1. The Kier molecular flexibility index (Phi) is 8.28. The Morgan fingerprint density at radius 1 is 0.905 bits per heavy atom. The van der Waals surface area contributed by atoms with Gasteiger partial charge in [-0.15, -0.1) is 0 Å². The minimum atomic E-state index is -0.353. The highest BCUT2D eigenvalue weighted by atomic mass is 16.5. The second kappa shape index (κ2) is 12.2. The van der Waals surface area contributed by atoms with Gasteiger partial charge in [0.25, 0.3) is 0 Å². The molecule has 0 radical (unpaired) electrons. The lowest BCUT2D eigenvalue weighted by atomic mass is 9.81. The van der Waals surface area contributed by atoms with Crippen LogP contribution in [0.25, 0.3) is 11.1 Å². The largest absolute Gasteiger partial charge is 0.465 e. The van der Waals surface area contributed by atoms with Gasteiger partial charge in [0.15, 0.2) is 0 Å². The van der Waals surface area contributed by atoms with Crippen LogP contribution < -0.4 is 0 Å². The molecular formula is C37H41NO4. The Morgan fingerprint density at radius 2 is 1.69 bits per heavy atom. The average Bonchev–Trinajstić information content (AvgIpc) is 3.85. The SMILES string of the molecule is COC(=O)c1cccc(-c2ccc(CCC(=O)C3CC3c3ccccc3)c3c2CCN(C(=O)C2CCC(C)CC2)C3)c1. The van der Waals surface area contributed by atoms with Crippen molar-refractivity contribution in [1.82, 2.24) is 4.90 Å². The maximum Gasteiger partial charge on any atom is 0.337 e. The molecule has 42 heavy (non-hydrogen) atoms. The number of hydrogen-bond acceptors (Lipinski definition) is 4. The van der Waals surface area contributed by atoms with E-state index in [1.807, 2.05) is 36.4 Å². The fraction of sp³-hybridized carbons (Fsp3) is 0.432. The number of Topliss-reactive ketones (excluding diaryl/α,β-unsaturated/α-hetero) is 1. The third-order valence-electron chi connectivity index (χ3n) is 9.85. The number of rotatable bonds is 8. The van der Waals surface area contributed by atoms with Gasteiger partial charge in [-0.05, 0) is 102 Å². The number of ketones is 1. The van der Waals surface area contributed by atoms with Crippen molar-refractivity contribution < 1.29 is 19.1 Å². The summed E-state index contributed by atoms with van der Waals surface area (Å²) in [5.41, 5.74) is 7.43. The fourth-order valence-electron chi connectivity index (χ4n) is 7.19. The molecule has 0 aromatic heterocycles. The highest BCUT2D eigenvalue weighted by Gasteiger charge is 2.43. The van der Waals surface area contributed by atoms with Crippen LogP contribution in [0, 0.1) is 17.8 Å². The van der Waals surface area contributed by atoms with Crippen LogP contribution in [0.5, 0.6) is 0 Å². The molecule has 6 rings (SSSR count). The summed E-state index contributed by atoms with van der Waals surface area (Å²) in [5, 5.41) is 0. The summed E-state index contributed by atoms with van der Waals surface area (Å²) >= 11 is 0. The molecule has 3 aromatic carbocycles. The van der Waals surface area contributed by atoms with Crippen molar-refractivity contribution in [2.45, 2.75) is 70.8 Å². The number of carbonyl (C=O) groups is 3. The Balaban J connectivity index is 1.25. The van der Waals surface area contributed by atoms with Gasteiger partial charge in [0.05, 0.1) is 12.7 Å². The lowest BCUT2D eigenvalue weighted by Gasteiger charge is -2.36. The van der Waals surface area contributed by atoms with Crippen LogP contribution >= 0.6 is 0 Å². The maximum atomic E-state index is 13.6. The molecule has 2 atom stereocenters. The Bertz CT molecular complexity index is 1470. The molecule has 1 aliphatic heterocycles. The first-order chi connectivity index (χ1) is 20.4. The lowest BCUT2D eigenvalue weighted by Crippen LogP contribution is -2.41. The molecule has 5 heteroatoms. The van der Waals surface area contributed by atoms with E-state index in [0.29, 0.717) is 49.1 Å². The van der Waals surface area contributed by atoms with Gasteiger partial charge < -0.3 is 9.64 Å². The van der Waals surface area contributed by atoms with Gasteiger partial charge in [0, 0.05) is 31.3 Å². The summed E-state index contributed by atoms with van der Waals surface area (Å²) in [6.45, 7) is 3.57. The molecule has 1 amide bonds. The number of fused-ring (bicyclic) bond motifs is 1. The Labute approximate surface area is 249 Å². The molecule has 2 unspecified atom stereocenters. The minimum absolute atomic E-state index is 0.121. The zero-order chi connectivity index (χ0) is 29.2. The summed E-state index contributed by atoms with van der Waals surface area (Å²) in [7, 11) is 1.40. The van der Waals surface area contributed by atoms with Gasteiger partial charge in [-0.3, -0.25) is 9.59 Å². The van der Waals surface area contributed by atoms with Crippen molar-refractivity contribution in [2.75, 3.05) is 13.7 Å². The van der Waals surface area contributed by atoms with E-state index in [2.05, 4.69) is 36.1 Å². The number of benzene rings is 3. The highest BCUT2D eigenvalue weighted by molar-refractivity contribution is 5.91. The molecule has 0 bridgehead atoms. The van der Waals surface area contributed by atoms with Gasteiger partial charge >= 0.3 is 5.97 Å². The van der Waals surface area contributed by atoms with Crippen molar-refractivity contribution >= 4 is 17.7 Å². The van der Waals surface area contributed by atoms with E-state index in [1.165, 1.54) is 23.8 Å². The molecule has 218 valence electrons. The molecule has 2 saturated carbocycles. The fourth-order valence-corrected chi connectivity index (χ4v) is 7.19. The van der Waals surface area contributed by atoms with E-state index in [9.17, 15) is 14.4 Å². The van der Waals surface area contributed by atoms with Crippen LogP contribution in [0.15, 0.2) is 66.7 Å². The molecule has 3 aliphatic rings. The maximum absolute atomic E-state index is 13.6. The van der Waals surface area contributed by atoms with Crippen LogP contribution in [0.3, 0.4) is 0 Å². The van der Waals surface area contributed by atoms with Crippen LogP contribution in [0.4, 0.5) is 0 Å². The second-order valence-corrected chi connectivity index (χ2v) is 12.6. The summed E-state index contributed by atoms with van der Waals surface area (Å²) in [6, 6.07) is 22.2. The predicted octanol–water partition coefficient (Wildman–Crippen LogP) is 7.16. The van der Waals surface area contributed by atoms with E-state index >= 15 is 0 Å². The number of hydrogen-bond donors (Lipinski definition) is 0. The molecule has 0 N–H and O–H groups in total. The summed E-state index contributed by atoms with van der Waals surface area (Å²) in [4.78, 5) is 41.2. The van der Waals surface area contributed by atoms with Gasteiger partial charge in [-0.25, -0.2) is 4.79 Å². The Hall–Kier alpha value is -3.73. The molecular weight excluding hydrogens is 522 g/mol. The van der Waals surface area contributed by atoms with Crippen molar-refractivity contribution in [2.24, 2.45) is 17.8 Å². The molecule has 1 heterocycles. The first-order valence-electron chi connectivity index (χ1n) is 15.6. The van der Waals surface area contributed by atoms with E-state index in [4.69, 9.17) is 4.74 Å². The lowest BCUT2D eigenvalue weighted by molar-refractivity contribution is -0.137. The third kappa shape index (κ3) is 5.92. The van der Waals surface area contributed by atoms with E-state index in [-0.39, 0.29) is 23.7 Å². The van der Waals surface area contributed by atoms with Crippen molar-refractivity contribution in [1.29, 1.82) is 0 Å². The normalized spacial score (nSPS) is 23.1. The number of carbonyl (C=O) groups excluding carboxylic acids is 3. The molecule has 5 nitrogen and oxygen atoms in total. The first-order valence-corrected chi connectivity index (χ1v) is 15.6. The zero-order valence-electron chi connectivity index (χ0n) is 24.8. The molecule has 2 aliphatic carbocycles. The number of esters is 1. The first kappa shape index (κ1) is 28.4. The summed E-state index contributed by atoms with van der Waals surface area (Å²) < 4.78 is 4.96. The van der Waals surface area contributed by atoms with Crippen LogP contribution in [-0.2, 0) is 33.7 Å². The summed E-state index contributed by atoms with van der Waals surface area (Å²) in [6.07, 6.45) is 7.13. The van der Waals surface area contributed by atoms with Gasteiger partial charge in [-0.2, -0.15) is 0 Å². The van der Waals surface area contributed by atoms with Gasteiger partial charge in [0.2, 0.25) is 5.91 Å². The molecule has 2 fully saturated rings. The monoisotopic (exact) mass is 563 g/mol. The van der Waals surface area contributed by atoms with Gasteiger partial charge in [-0.1, -0.05) is 61.5 Å². The predicted molar refractivity (Wildman–Crippen MR) is 164 cm³/mol. The minimum Gasteiger partial charge on any atom is -0.465 e. The topological polar surface area (TPSA) is 63.7 Å². The molecule has 0 saturated heterocycles. The standard InChI is InChI=1S/C37H41NO4/c1-24-11-13-27(14-12-24)36(40)38-20-19-31-30(28-9-6-10-29(21-28)37(41)42-2)17-15-26(34(31)23-38)16-18-35(39)33-22-32(33)25-7-4-3-5-8-25/h3-10,15,17,21,24,27,32-33H,11-14,16,18-20,22-23H2,1-2H3. The third-order valence-corrected chi connectivity index (χ3v) is 9.85. The smallest absolute Gasteiger partial charge is 0.337 e. The van der Waals surface area contributed by atoms with Crippen LogP contribution in [-0.4, -0.2) is 36.2 Å². The molecule has 0 spiro atoms. The summed E-state index contributed by atoms with van der Waals surface area (Å²) in [5.74, 6) is 1.57. The molecule has 3 aromatic rings. The number of amides is 1. The zero-order valence-corrected chi connectivity index (χ0v) is 24.8.